The second-order valence-electron chi connectivity index (χ2n) is 26.6. The lowest BCUT2D eigenvalue weighted by molar-refractivity contribution is -0.870. The van der Waals surface area contributed by atoms with Crippen molar-refractivity contribution in [1.29, 1.82) is 0 Å². The summed E-state index contributed by atoms with van der Waals surface area (Å²) in [6, 6.07) is 0. The van der Waals surface area contributed by atoms with Crippen molar-refractivity contribution in [1.82, 2.24) is 0 Å². The molecule has 2 atom stereocenters. The van der Waals surface area contributed by atoms with Crippen LogP contribution in [0.15, 0.2) is 122 Å². The molecule has 0 bridgehead atoms. The summed E-state index contributed by atoms with van der Waals surface area (Å²) in [5.41, 5.74) is 0. The summed E-state index contributed by atoms with van der Waals surface area (Å²) in [4.78, 5) is 38.1. The lowest BCUT2D eigenvalue weighted by Crippen LogP contribution is -2.37. The normalized spacial score (nSPS) is 13.8. The number of allylic oxidation sites excluding steroid dienone is 20. The molecule has 0 aromatic carbocycles. The summed E-state index contributed by atoms with van der Waals surface area (Å²) >= 11 is 0. The first-order valence-corrected chi connectivity index (χ1v) is 39.7. The number of quaternary nitrogens is 1. The van der Waals surface area contributed by atoms with Gasteiger partial charge < -0.3 is 27.9 Å². The summed E-state index contributed by atoms with van der Waals surface area (Å²) in [6.45, 7) is 4.16. The van der Waals surface area contributed by atoms with Crippen molar-refractivity contribution in [3.8, 4) is 0 Å². The number of nitrogens with zero attached hydrogens (tertiary/aromatic N) is 1. The Morgan fingerprint density at radius 2 is 0.620 bits per heavy atom. The van der Waals surface area contributed by atoms with Crippen molar-refractivity contribution in [2.24, 2.45) is 0 Å². The topological polar surface area (TPSA) is 111 Å². The fourth-order valence-corrected chi connectivity index (χ4v) is 11.4. The standard InChI is InChI=1S/C82H144NO8P/c1-6-8-10-12-14-16-18-20-22-24-26-28-30-32-34-35-36-37-38-39-40-41-42-43-44-45-46-47-49-51-53-55-57-59-61-63-65-67-69-71-73-75-82(85)91-80(79-90-92(86,87)89-77-76-83(3,4)5)78-88-81(84)74-72-70-68-66-64-62-60-58-56-54-52-50-48-33-31-29-27-25-23-21-19-17-15-13-11-9-7-2/h8,10,14,16,20,22,25-28,32,34,36-37,39-40,42-43,45-46,80H,6-7,9,11-13,15,17-19,21,23-24,29-31,33,35,38,41,44,47-79H2,1-5H3/b10-8-,16-14-,22-20-,27-25-,28-26-,34-32-,37-36-,40-39-,43-42-,46-45-. The summed E-state index contributed by atoms with van der Waals surface area (Å²) in [5, 5.41) is 0. The highest BCUT2D eigenvalue weighted by atomic mass is 31.2. The molecule has 0 saturated carbocycles. The van der Waals surface area contributed by atoms with Crippen LogP contribution in [0, 0.1) is 0 Å². The highest BCUT2D eigenvalue weighted by molar-refractivity contribution is 7.45. The Kier molecular flexibility index (Phi) is 68.9. The third kappa shape index (κ3) is 75.4. The number of phosphoric acid groups is 1. The number of hydrogen-bond donors (Lipinski definition) is 0. The maximum absolute atomic E-state index is 12.9. The van der Waals surface area contributed by atoms with E-state index >= 15 is 0 Å². The van der Waals surface area contributed by atoms with Crippen LogP contribution in [0.25, 0.3) is 0 Å². The lowest BCUT2D eigenvalue weighted by atomic mass is 10.0. The van der Waals surface area contributed by atoms with Gasteiger partial charge >= 0.3 is 11.9 Å². The molecule has 0 aromatic rings. The summed E-state index contributed by atoms with van der Waals surface area (Å²) in [5.74, 6) is -0.826. The Hall–Kier alpha value is -3.59. The Morgan fingerprint density at radius 3 is 0.935 bits per heavy atom. The predicted octanol–water partition coefficient (Wildman–Crippen LogP) is 24.8. The molecule has 0 aliphatic carbocycles. The molecule has 0 radical (unpaired) electrons. The maximum atomic E-state index is 12.9. The largest absolute Gasteiger partial charge is 0.756 e. The van der Waals surface area contributed by atoms with Crippen LogP contribution in [0.1, 0.15) is 335 Å². The number of likely N-dealkylation sites (N-methyl/N-ethyl adjacent to an activating group) is 1. The minimum atomic E-state index is -4.65. The molecule has 9 nitrogen and oxygen atoms in total. The maximum Gasteiger partial charge on any atom is 0.306 e. The number of esters is 2. The van der Waals surface area contributed by atoms with Gasteiger partial charge in [0.05, 0.1) is 27.7 Å². The zero-order valence-corrected chi connectivity index (χ0v) is 61.4. The number of carbonyl (C=O) groups excluding carboxylic acids is 2. The second kappa shape index (κ2) is 71.7. The minimum Gasteiger partial charge on any atom is -0.756 e. The molecule has 0 aliphatic rings. The van der Waals surface area contributed by atoms with Gasteiger partial charge in [-0.15, -0.1) is 0 Å². The molecule has 0 aliphatic heterocycles. The zero-order valence-electron chi connectivity index (χ0n) is 60.5. The van der Waals surface area contributed by atoms with Gasteiger partial charge in [-0.05, 0) is 109 Å². The van der Waals surface area contributed by atoms with Crippen molar-refractivity contribution in [3.63, 3.8) is 0 Å². The van der Waals surface area contributed by atoms with Gasteiger partial charge in [-0.1, -0.05) is 334 Å². The molecular formula is C82H144NO8P. The second-order valence-corrected chi connectivity index (χ2v) is 28.0. The molecule has 92 heavy (non-hydrogen) atoms. The van der Waals surface area contributed by atoms with Crippen LogP contribution in [-0.2, 0) is 32.7 Å². The van der Waals surface area contributed by atoms with Gasteiger partial charge in [-0.2, -0.15) is 0 Å². The number of phosphoric ester groups is 1. The van der Waals surface area contributed by atoms with Gasteiger partial charge in [0, 0.05) is 12.8 Å². The van der Waals surface area contributed by atoms with E-state index in [1.165, 1.54) is 205 Å². The van der Waals surface area contributed by atoms with Gasteiger partial charge in [0.2, 0.25) is 0 Å². The molecule has 2 unspecified atom stereocenters. The number of carbonyl (C=O) groups is 2. The molecule has 0 heterocycles. The van der Waals surface area contributed by atoms with Gasteiger partial charge in [0.15, 0.2) is 6.10 Å². The van der Waals surface area contributed by atoms with Gasteiger partial charge in [0.25, 0.3) is 7.82 Å². The molecule has 10 heteroatoms. The molecule has 0 amide bonds. The van der Waals surface area contributed by atoms with Gasteiger partial charge in [-0.25, -0.2) is 0 Å². The minimum absolute atomic E-state index is 0.0338. The van der Waals surface area contributed by atoms with Crippen molar-refractivity contribution < 1.29 is 42.1 Å². The van der Waals surface area contributed by atoms with Crippen LogP contribution < -0.4 is 4.89 Å². The van der Waals surface area contributed by atoms with Crippen molar-refractivity contribution in [3.05, 3.63) is 122 Å². The Balaban J connectivity index is 4.02. The summed E-state index contributed by atoms with van der Waals surface area (Å²) < 4.78 is 34.4. The molecule has 0 spiro atoms. The van der Waals surface area contributed by atoms with E-state index in [0.717, 1.165) is 96.3 Å². The summed E-state index contributed by atoms with van der Waals surface area (Å²) in [6.07, 6.45) is 103. The SMILES string of the molecule is CC/C=C\C/C=C\C/C=C\C/C=C\C/C=C\C/C=C\C/C=C\C/C=C\C/C=C\CCCCCCCCCCCCCCCC(=O)OC(COC(=O)CCCCCCCCCCCCCCCCC/C=C\CCCCCCCCCC)COP(=O)([O-])OCC[N+](C)(C)C. The Labute approximate surface area is 568 Å². The number of rotatable bonds is 70. The number of hydrogen-bond acceptors (Lipinski definition) is 8. The van der Waals surface area contributed by atoms with Crippen LogP contribution in [0.4, 0.5) is 0 Å². The third-order valence-electron chi connectivity index (χ3n) is 16.5. The van der Waals surface area contributed by atoms with E-state index in [4.69, 9.17) is 18.5 Å². The van der Waals surface area contributed by atoms with E-state index < -0.39 is 26.5 Å². The van der Waals surface area contributed by atoms with E-state index in [-0.39, 0.29) is 32.0 Å². The van der Waals surface area contributed by atoms with Gasteiger partial charge in [-0.3, -0.25) is 14.2 Å². The van der Waals surface area contributed by atoms with Crippen LogP contribution in [-0.4, -0.2) is 70.0 Å². The van der Waals surface area contributed by atoms with Crippen LogP contribution in [0.3, 0.4) is 0 Å². The number of ether oxygens (including phenoxy) is 2. The molecule has 0 aromatic heterocycles. The summed E-state index contributed by atoms with van der Waals surface area (Å²) in [7, 11) is 1.17. The molecule has 0 saturated heterocycles. The zero-order chi connectivity index (χ0) is 66.9. The third-order valence-corrected chi connectivity index (χ3v) is 17.4. The molecule has 0 fully saturated rings. The Morgan fingerprint density at radius 1 is 0.348 bits per heavy atom. The van der Waals surface area contributed by atoms with Crippen molar-refractivity contribution >= 4 is 19.8 Å². The first-order valence-electron chi connectivity index (χ1n) is 38.2. The average Bonchev–Trinajstić information content (AvgIpc) is 2.23. The van der Waals surface area contributed by atoms with E-state index in [1.54, 1.807) is 0 Å². The van der Waals surface area contributed by atoms with E-state index in [0.29, 0.717) is 17.4 Å². The fourth-order valence-electron chi connectivity index (χ4n) is 10.6. The molecular weight excluding hydrogens is 1160 g/mol. The Bertz CT molecular complexity index is 1970. The molecule has 0 N–H and O–H groups in total. The molecule has 0 rings (SSSR count). The number of unbranched alkanes of at least 4 members (excludes halogenated alkanes) is 36. The van der Waals surface area contributed by atoms with Crippen molar-refractivity contribution in [2.45, 2.75) is 341 Å². The van der Waals surface area contributed by atoms with Gasteiger partial charge in [0.1, 0.15) is 19.8 Å². The first-order chi connectivity index (χ1) is 45.0. The van der Waals surface area contributed by atoms with Crippen LogP contribution in [0.5, 0.6) is 0 Å². The van der Waals surface area contributed by atoms with Crippen LogP contribution >= 0.6 is 7.82 Å². The quantitative estimate of drug-likeness (QED) is 0.0195. The van der Waals surface area contributed by atoms with Crippen molar-refractivity contribution in [2.75, 3.05) is 47.5 Å². The fraction of sp³-hybridized carbons (Fsp3) is 0.732. The highest BCUT2D eigenvalue weighted by Gasteiger charge is 2.22. The van der Waals surface area contributed by atoms with Crippen LogP contribution in [0.2, 0.25) is 0 Å². The lowest BCUT2D eigenvalue weighted by Gasteiger charge is -2.28. The monoisotopic (exact) mass is 1300 g/mol. The molecule has 530 valence electrons. The smallest absolute Gasteiger partial charge is 0.306 e. The highest BCUT2D eigenvalue weighted by Crippen LogP contribution is 2.38. The average molecular weight is 1300 g/mol. The van der Waals surface area contributed by atoms with E-state index in [2.05, 4.69) is 135 Å². The van der Waals surface area contributed by atoms with E-state index in [1.807, 2.05) is 21.1 Å². The predicted molar refractivity (Wildman–Crippen MR) is 397 cm³/mol. The first kappa shape index (κ1) is 88.4. The van der Waals surface area contributed by atoms with E-state index in [9.17, 15) is 19.0 Å².